The molecule has 0 saturated heterocycles. The predicted molar refractivity (Wildman–Crippen MR) is 88.5 cm³/mol. The largest absolute Gasteiger partial charge is 0.339 e. The van der Waals surface area contributed by atoms with Crippen molar-refractivity contribution in [2.24, 2.45) is 5.92 Å². The first-order valence-electron chi connectivity index (χ1n) is 7.63. The lowest BCUT2D eigenvalue weighted by atomic mass is 10.0. The van der Waals surface area contributed by atoms with Crippen LogP contribution in [0, 0.1) is 5.92 Å². The zero-order chi connectivity index (χ0) is 16.1. The van der Waals surface area contributed by atoms with Gasteiger partial charge in [0.2, 0.25) is 0 Å². The molecule has 0 fully saturated rings. The first-order chi connectivity index (χ1) is 10.5. The van der Waals surface area contributed by atoms with E-state index < -0.39 is 0 Å². The van der Waals surface area contributed by atoms with Crippen LogP contribution in [0.4, 0.5) is 0 Å². The summed E-state index contributed by atoms with van der Waals surface area (Å²) in [6.07, 6.45) is 4.19. The highest BCUT2D eigenvalue weighted by molar-refractivity contribution is 5.93. The molecule has 2 aromatic rings. The summed E-state index contributed by atoms with van der Waals surface area (Å²) in [7, 11) is 1.83. The van der Waals surface area contributed by atoms with Crippen molar-refractivity contribution in [3.63, 3.8) is 0 Å². The van der Waals surface area contributed by atoms with Gasteiger partial charge in [-0.1, -0.05) is 44.2 Å². The average Bonchev–Trinajstić information content (AvgIpc) is 2.54. The summed E-state index contributed by atoms with van der Waals surface area (Å²) >= 11 is 0. The van der Waals surface area contributed by atoms with Gasteiger partial charge in [-0.15, -0.1) is 0 Å². The van der Waals surface area contributed by atoms with Crippen molar-refractivity contribution in [2.75, 3.05) is 7.05 Å². The van der Waals surface area contributed by atoms with Gasteiger partial charge in [0.1, 0.15) is 0 Å². The lowest BCUT2D eigenvalue weighted by Crippen LogP contribution is -2.36. The minimum atomic E-state index is -0.0345. The monoisotopic (exact) mass is 297 g/mol. The Morgan fingerprint density at radius 3 is 2.23 bits per heavy atom. The number of amides is 1. The second kappa shape index (κ2) is 7.16. The van der Waals surface area contributed by atoms with Gasteiger partial charge < -0.3 is 4.90 Å². The number of hydrogen-bond donors (Lipinski definition) is 0. The Kier molecular flexibility index (Phi) is 5.26. The molecule has 1 atom stereocenters. The smallest absolute Gasteiger partial charge is 0.256 e. The van der Waals surface area contributed by atoms with Gasteiger partial charge >= 0.3 is 0 Å². The van der Waals surface area contributed by atoms with E-state index in [9.17, 15) is 4.79 Å². The van der Waals surface area contributed by atoms with Crippen molar-refractivity contribution in [1.29, 1.82) is 0 Å². The van der Waals surface area contributed by atoms with Crippen LogP contribution in [0.25, 0.3) is 11.4 Å². The van der Waals surface area contributed by atoms with Gasteiger partial charge in [0, 0.05) is 31.0 Å². The number of hydrogen-bond acceptors (Lipinski definition) is 3. The summed E-state index contributed by atoms with van der Waals surface area (Å²) in [5.74, 6) is 1.16. The van der Waals surface area contributed by atoms with Crippen LogP contribution in [0.15, 0.2) is 42.7 Å². The standard InChI is InChI=1S/C18H23N3O/c1-13(2)10-14(3)21(4)18(22)16-11-19-17(20-12-16)15-8-6-5-7-9-15/h5-9,11-14H,10H2,1-4H3. The zero-order valence-corrected chi connectivity index (χ0v) is 13.7. The Morgan fingerprint density at radius 2 is 1.68 bits per heavy atom. The van der Waals surface area contributed by atoms with E-state index in [-0.39, 0.29) is 11.9 Å². The summed E-state index contributed by atoms with van der Waals surface area (Å²) in [4.78, 5) is 22.9. The van der Waals surface area contributed by atoms with Crippen molar-refractivity contribution >= 4 is 5.91 Å². The van der Waals surface area contributed by atoms with E-state index >= 15 is 0 Å². The molecule has 1 aromatic carbocycles. The van der Waals surface area contributed by atoms with E-state index in [1.165, 1.54) is 0 Å². The molecule has 0 N–H and O–H groups in total. The van der Waals surface area contributed by atoms with E-state index in [2.05, 4.69) is 30.7 Å². The van der Waals surface area contributed by atoms with Gasteiger partial charge in [-0.05, 0) is 19.3 Å². The third kappa shape index (κ3) is 3.91. The quantitative estimate of drug-likeness (QED) is 0.846. The Bertz CT molecular complexity index is 608. The van der Waals surface area contributed by atoms with E-state index in [1.54, 1.807) is 17.3 Å². The van der Waals surface area contributed by atoms with Crippen LogP contribution >= 0.6 is 0 Å². The van der Waals surface area contributed by atoms with Gasteiger partial charge in [0.05, 0.1) is 5.56 Å². The van der Waals surface area contributed by atoms with Gasteiger partial charge in [-0.2, -0.15) is 0 Å². The molecule has 0 bridgehead atoms. The van der Waals surface area contributed by atoms with Crippen LogP contribution < -0.4 is 0 Å². The third-order valence-corrected chi connectivity index (χ3v) is 3.72. The molecular weight excluding hydrogens is 274 g/mol. The molecule has 0 radical (unpaired) electrons. The van der Waals surface area contributed by atoms with E-state index in [1.807, 2.05) is 37.4 Å². The fourth-order valence-electron chi connectivity index (χ4n) is 2.42. The third-order valence-electron chi connectivity index (χ3n) is 3.72. The van der Waals surface area contributed by atoms with Crippen LogP contribution in [-0.4, -0.2) is 33.9 Å². The van der Waals surface area contributed by atoms with E-state index in [0.717, 1.165) is 12.0 Å². The molecule has 1 aromatic heterocycles. The molecule has 22 heavy (non-hydrogen) atoms. The molecule has 4 heteroatoms. The Hall–Kier alpha value is -2.23. The fourth-order valence-corrected chi connectivity index (χ4v) is 2.42. The van der Waals surface area contributed by atoms with Crippen molar-refractivity contribution in [3.8, 4) is 11.4 Å². The van der Waals surface area contributed by atoms with Crippen LogP contribution in [0.5, 0.6) is 0 Å². The summed E-state index contributed by atoms with van der Waals surface area (Å²) in [5.41, 5.74) is 1.47. The molecule has 0 aliphatic carbocycles. The molecule has 0 aliphatic heterocycles. The first kappa shape index (κ1) is 16.1. The van der Waals surface area contributed by atoms with Gasteiger partial charge in [0.25, 0.3) is 5.91 Å². The highest BCUT2D eigenvalue weighted by Gasteiger charge is 2.19. The topological polar surface area (TPSA) is 46.1 Å². The maximum atomic E-state index is 12.5. The number of carbonyl (C=O) groups is 1. The molecule has 2 rings (SSSR count). The Balaban J connectivity index is 2.11. The normalized spacial score (nSPS) is 12.2. The average molecular weight is 297 g/mol. The maximum Gasteiger partial charge on any atom is 0.256 e. The zero-order valence-electron chi connectivity index (χ0n) is 13.7. The summed E-state index contributed by atoms with van der Waals surface area (Å²) in [5, 5.41) is 0. The SMILES string of the molecule is CC(C)CC(C)N(C)C(=O)c1cnc(-c2ccccc2)nc1. The highest BCUT2D eigenvalue weighted by atomic mass is 16.2. The number of benzene rings is 1. The molecular formula is C18H23N3O. The van der Waals surface area contributed by atoms with Gasteiger partial charge in [0.15, 0.2) is 5.82 Å². The lowest BCUT2D eigenvalue weighted by molar-refractivity contribution is 0.0727. The minimum Gasteiger partial charge on any atom is -0.339 e. The highest BCUT2D eigenvalue weighted by Crippen LogP contribution is 2.15. The molecule has 1 unspecified atom stereocenters. The fraction of sp³-hybridized carbons (Fsp3) is 0.389. The van der Waals surface area contributed by atoms with Crippen molar-refractivity contribution in [3.05, 3.63) is 48.3 Å². The minimum absolute atomic E-state index is 0.0345. The van der Waals surface area contributed by atoms with Crippen LogP contribution in [-0.2, 0) is 0 Å². The first-order valence-corrected chi connectivity index (χ1v) is 7.63. The second-order valence-electron chi connectivity index (χ2n) is 6.06. The number of carbonyl (C=O) groups excluding carboxylic acids is 1. The lowest BCUT2D eigenvalue weighted by Gasteiger charge is -2.26. The van der Waals surface area contributed by atoms with Crippen molar-refractivity contribution in [2.45, 2.75) is 33.2 Å². The van der Waals surface area contributed by atoms with Crippen LogP contribution in [0.2, 0.25) is 0 Å². The van der Waals surface area contributed by atoms with Gasteiger partial charge in [-0.3, -0.25) is 4.79 Å². The number of nitrogens with zero attached hydrogens (tertiary/aromatic N) is 3. The predicted octanol–water partition coefficient (Wildman–Crippen LogP) is 3.65. The summed E-state index contributed by atoms with van der Waals surface area (Å²) in [6, 6.07) is 9.94. The van der Waals surface area contributed by atoms with Crippen molar-refractivity contribution in [1.82, 2.24) is 14.9 Å². The maximum absolute atomic E-state index is 12.5. The Labute approximate surface area is 132 Å². The number of rotatable bonds is 5. The van der Waals surface area contributed by atoms with Crippen LogP contribution in [0.3, 0.4) is 0 Å². The molecule has 1 heterocycles. The molecule has 0 spiro atoms. The molecule has 4 nitrogen and oxygen atoms in total. The second-order valence-corrected chi connectivity index (χ2v) is 6.06. The summed E-state index contributed by atoms with van der Waals surface area (Å²) < 4.78 is 0. The van der Waals surface area contributed by atoms with Gasteiger partial charge in [-0.25, -0.2) is 9.97 Å². The van der Waals surface area contributed by atoms with E-state index in [0.29, 0.717) is 17.3 Å². The van der Waals surface area contributed by atoms with Crippen LogP contribution in [0.1, 0.15) is 37.6 Å². The summed E-state index contributed by atoms with van der Waals surface area (Å²) in [6.45, 7) is 6.39. The Morgan fingerprint density at radius 1 is 1.09 bits per heavy atom. The number of aromatic nitrogens is 2. The molecule has 116 valence electrons. The molecule has 0 saturated carbocycles. The molecule has 0 aliphatic rings. The van der Waals surface area contributed by atoms with E-state index in [4.69, 9.17) is 0 Å². The van der Waals surface area contributed by atoms with Crippen molar-refractivity contribution < 1.29 is 4.79 Å². The molecule has 1 amide bonds.